The molecule has 0 spiro atoms. The summed E-state index contributed by atoms with van der Waals surface area (Å²) in [4.78, 5) is 2.30. The van der Waals surface area contributed by atoms with Crippen LogP contribution in [-0.2, 0) is 0 Å². The van der Waals surface area contributed by atoms with Crippen LogP contribution in [0.4, 0.5) is 0 Å². The molecule has 0 fully saturated rings. The first-order chi connectivity index (χ1) is 4.22. The summed E-state index contributed by atoms with van der Waals surface area (Å²) in [6, 6.07) is 0.793. The minimum absolute atomic E-state index is 0.793. The molecule has 1 nitrogen and oxygen atoms in total. The van der Waals surface area contributed by atoms with Crippen LogP contribution in [0.15, 0.2) is 0 Å². The third-order valence-corrected chi connectivity index (χ3v) is 2.27. The van der Waals surface area contributed by atoms with Crippen molar-refractivity contribution in [2.75, 3.05) is 18.5 Å². The molecule has 1 unspecified atom stereocenters. The maximum atomic E-state index is 2.43. The third-order valence-electron chi connectivity index (χ3n) is 1.64. The summed E-state index contributed by atoms with van der Waals surface area (Å²) in [7, 11) is 4.31. The van der Waals surface area contributed by atoms with E-state index in [2.05, 4.69) is 48.5 Å². The molecule has 1 atom stereocenters. The summed E-state index contributed by atoms with van der Waals surface area (Å²) < 4.78 is 1.27. The van der Waals surface area contributed by atoms with Gasteiger partial charge in [0.2, 0.25) is 0 Å². The smallest absolute Gasteiger partial charge is 0.00938 e. The van der Waals surface area contributed by atoms with Crippen molar-refractivity contribution in [3.05, 3.63) is 0 Å². The molecule has 56 valence electrons. The van der Waals surface area contributed by atoms with Crippen molar-refractivity contribution < 1.29 is 0 Å². The topological polar surface area (TPSA) is 3.24 Å². The van der Waals surface area contributed by atoms with Crippen LogP contribution in [0.2, 0.25) is 0 Å². The Balaban J connectivity index is 3.41. The molecule has 0 aromatic carbocycles. The molecule has 2 heteroatoms. The number of rotatable bonds is 4. The van der Waals surface area contributed by atoms with Gasteiger partial charge in [0, 0.05) is 10.5 Å². The molecule has 0 aliphatic rings. The van der Waals surface area contributed by atoms with Crippen LogP contribution in [0.5, 0.6) is 0 Å². The first-order valence-corrected chi connectivity index (χ1v) is 4.97. The van der Waals surface area contributed by atoms with Gasteiger partial charge in [-0.2, -0.15) is 0 Å². The van der Waals surface area contributed by atoms with Gasteiger partial charge < -0.3 is 4.90 Å². The first kappa shape index (κ1) is 9.69. The Morgan fingerprint density at radius 2 is 2.00 bits per heavy atom. The molecular weight excluding hydrogens is 225 g/mol. The zero-order valence-corrected chi connectivity index (χ0v) is 8.68. The Morgan fingerprint density at radius 3 is 2.11 bits per heavy atom. The summed E-state index contributed by atoms with van der Waals surface area (Å²) in [6.45, 7) is 2.25. The zero-order valence-electron chi connectivity index (χ0n) is 6.52. The van der Waals surface area contributed by atoms with E-state index in [1.807, 2.05) is 0 Å². The predicted octanol–water partition coefficient (Wildman–Crippen LogP) is 2.15. The van der Waals surface area contributed by atoms with E-state index in [9.17, 15) is 0 Å². The number of hydrogen-bond acceptors (Lipinski definition) is 1. The molecule has 0 aliphatic heterocycles. The van der Waals surface area contributed by atoms with E-state index in [0.29, 0.717) is 0 Å². The molecule has 0 aromatic rings. The van der Waals surface area contributed by atoms with Crippen molar-refractivity contribution in [3.8, 4) is 0 Å². The van der Waals surface area contributed by atoms with E-state index in [1.54, 1.807) is 0 Å². The Kier molecular flexibility index (Phi) is 5.89. The summed E-state index contributed by atoms with van der Waals surface area (Å²) in [6.07, 6.45) is 2.60. The molecule has 0 N–H and O–H groups in total. The lowest BCUT2D eigenvalue weighted by Gasteiger charge is -2.21. The minimum atomic E-state index is 0.793. The van der Waals surface area contributed by atoms with Crippen molar-refractivity contribution >= 4 is 22.6 Å². The third kappa shape index (κ3) is 4.14. The van der Waals surface area contributed by atoms with E-state index in [4.69, 9.17) is 0 Å². The van der Waals surface area contributed by atoms with E-state index in [-0.39, 0.29) is 0 Å². The fourth-order valence-corrected chi connectivity index (χ4v) is 1.67. The van der Waals surface area contributed by atoms with Crippen LogP contribution in [0, 0.1) is 0 Å². The van der Waals surface area contributed by atoms with E-state index in [0.717, 1.165) is 6.04 Å². The molecule has 0 heterocycles. The molecule has 0 amide bonds. The van der Waals surface area contributed by atoms with Gasteiger partial charge in [0.25, 0.3) is 0 Å². The monoisotopic (exact) mass is 241 g/mol. The van der Waals surface area contributed by atoms with E-state index in [1.165, 1.54) is 17.3 Å². The number of nitrogens with zero attached hydrogens (tertiary/aromatic N) is 1. The fraction of sp³-hybridized carbons (Fsp3) is 1.00. The average Bonchev–Trinajstić information content (AvgIpc) is 1.82. The minimum Gasteiger partial charge on any atom is -0.306 e. The SMILES string of the molecule is CCC(CCI)N(C)C. The van der Waals surface area contributed by atoms with E-state index >= 15 is 0 Å². The van der Waals surface area contributed by atoms with Crippen LogP contribution in [-0.4, -0.2) is 29.5 Å². The first-order valence-electron chi connectivity index (χ1n) is 3.44. The molecule has 0 aliphatic carbocycles. The normalized spacial score (nSPS) is 14.3. The highest BCUT2D eigenvalue weighted by molar-refractivity contribution is 14.1. The van der Waals surface area contributed by atoms with Crippen LogP contribution >= 0.6 is 22.6 Å². The number of hydrogen-bond donors (Lipinski definition) is 0. The molecule has 0 radical (unpaired) electrons. The van der Waals surface area contributed by atoms with Gasteiger partial charge in [-0.25, -0.2) is 0 Å². The zero-order chi connectivity index (χ0) is 7.28. The van der Waals surface area contributed by atoms with Gasteiger partial charge in [0.15, 0.2) is 0 Å². The van der Waals surface area contributed by atoms with Gasteiger partial charge in [-0.3, -0.25) is 0 Å². The molecule has 9 heavy (non-hydrogen) atoms. The van der Waals surface area contributed by atoms with Crippen molar-refractivity contribution in [1.29, 1.82) is 0 Å². The number of halogens is 1. The summed E-state index contributed by atoms with van der Waals surface area (Å²) in [5.74, 6) is 0. The largest absolute Gasteiger partial charge is 0.306 e. The highest BCUT2D eigenvalue weighted by atomic mass is 127. The van der Waals surface area contributed by atoms with Crippen LogP contribution in [0.1, 0.15) is 19.8 Å². The molecule has 0 rings (SSSR count). The van der Waals surface area contributed by atoms with Gasteiger partial charge in [-0.15, -0.1) is 0 Å². The highest BCUT2D eigenvalue weighted by Gasteiger charge is 2.05. The Hall–Kier alpha value is 0.690. The van der Waals surface area contributed by atoms with Crippen molar-refractivity contribution in [2.24, 2.45) is 0 Å². The maximum absolute atomic E-state index is 2.43. The summed E-state index contributed by atoms with van der Waals surface area (Å²) in [5, 5.41) is 0. The van der Waals surface area contributed by atoms with Gasteiger partial charge in [-0.1, -0.05) is 29.5 Å². The van der Waals surface area contributed by atoms with Crippen LogP contribution < -0.4 is 0 Å². The Morgan fingerprint density at radius 1 is 1.44 bits per heavy atom. The molecule has 0 bridgehead atoms. The van der Waals surface area contributed by atoms with Crippen molar-refractivity contribution in [2.45, 2.75) is 25.8 Å². The average molecular weight is 241 g/mol. The standard InChI is InChI=1S/C7H16IN/c1-4-7(5-6-8)9(2)3/h7H,4-6H2,1-3H3. The Bertz CT molecular complexity index is 63.9. The van der Waals surface area contributed by atoms with Crippen molar-refractivity contribution in [3.63, 3.8) is 0 Å². The van der Waals surface area contributed by atoms with Crippen LogP contribution in [0.25, 0.3) is 0 Å². The molecule has 0 aromatic heterocycles. The molecule has 0 saturated carbocycles. The second kappa shape index (κ2) is 5.47. The molecular formula is C7H16IN. The van der Waals surface area contributed by atoms with Crippen molar-refractivity contribution in [1.82, 2.24) is 4.90 Å². The lowest BCUT2D eigenvalue weighted by Crippen LogP contribution is -2.27. The highest BCUT2D eigenvalue weighted by Crippen LogP contribution is 2.05. The predicted molar refractivity (Wildman–Crippen MR) is 51.3 cm³/mol. The van der Waals surface area contributed by atoms with Gasteiger partial charge in [0.1, 0.15) is 0 Å². The fourth-order valence-electron chi connectivity index (χ4n) is 0.953. The molecule has 0 saturated heterocycles. The Labute approximate surface area is 72.0 Å². The second-order valence-corrected chi connectivity index (χ2v) is 3.58. The second-order valence-electron chi connectivity index (χ2n) is 2.50. The quantitative estimate of drug-likeness (QED) is 0.538. The lowest BCUT2D eigenvalue weighted by atomic mass is 10.1. The van der Waals surface area contributed by atoms with Crippen LogP contribution in [0.3, 0.4) is 0 Å². The van der Waals surface area contributed by atoms with E-state index < -0.39 is 0 Å². The summed E-state index contributed by atoms with van der Waals surface area (Å²) in [5.41, 5.74) is 0. The summed E-state index contributed by atoms with van der Waals surface area (Å²) >= 11 is 2.43. The maximum Gasteiger partial charge on any atom is 0.00938 e. The van der Waals surface area contributed by atoms with Gasteiger partial charge in [-0.05, 0) is 26.9 Å². The number of alkyl halides is 1. The van der Waals surface area contributed by atoms with Gasteiger partial charge in [0.05, 0.1) is 0 Å². The van der Waals surface area contributed by atoms with Gasteiger partial charge >= 0.3 is 0 Å². The lowest BCUT2D eigenvalue weighted by molar-refractivity contribution is 0.281.